The Labute approximate surface area is 111 Å². The van der Waals surface area contributed by atoms with E-state index >= 15 is 0 Å². The molecule has 0 aromatic heterocycles. The van der Waals surface area contributed by atoms with Gasteiger partial charge in [-0.15, -0.1) is 4.76 Å². The van der Waals surface area contributed by atoms with Gasteiger partial charge < -0.3 is 14.9 Å². The van der Waals surface area contributed by atoms with Gasteiger partial charge in [0.05, 0.1) is 7.11 Å². The van der Waals surface area contributed by atoms with Crippen LogP contribution in [0.5, 0.6) is 0 Å². The number of hydrogen-bond donors (Lipinski definition) is 2. The molecule has 5 nitrogen and oxygen atoms in total. The second kappa shape index (κ2) is 7.46. The number of methoxy groups -OCH3 is 1. The van der Waals surface area contributed by atoms with Crippen molar-refractivity contribution in [2.45, 2.75) is 13.3 Å². The van der Waals surface area contributed by atoms with E-state index in [0.29, 0.717) is 5.75 Å². The number of anilines is 1. The van der Waals surface area contributed by atoms with Gasteiger partial charge >= 0.3 is 6.72 Å². The van der Waals surface area contributed by atoms with Crippen LogP contribution in [-0.2, 0) is 9.30 Å². The summed E-state index contributed by atoms with van der Waals surface area (Å²) in [5, 5.41) is 2.84. The van der Waals surface area contributed by atoms with E-state index in [1.54, 1.807) is 0 Å². The monoisotopic (exact) mass is 288 g/mol. The van der Waals surface area contributed by atoms with Crippen molar-refractivity contribution in [3.05, 3.63) is 30.3 Å². The van der Waals surface area contributed by atoms with E-state index < -0.39 is 6.72 Å². The molecule has 0 heterocycles. The van der Waals surface area contributed by atoms with Gasteiger partial charge in [0.25, 0.3) is 6.02 Å². The first-order valence-electron chi connectivity index (χ1n) is 5.51. The summed E-state index contributed by atoms with van der Waals surface area (Å²) in [6.45, 7) is -1.66. The van der Waals surface area contributed by atoms with Gasteiger partial charge in [0.15, 0.2) is 0 Å². The Morgan fingerprint density at radius 2 is 2.17 bits per heavy atom. The molecule has 1 rings (SSSR count). The smallest absolute Gasteiger partial charge is 0.373 e. The van der Waals surface area contributed by atoms with Gasteiger partial charge in [0.1, 0.15) is 0 Å². The fraction of sp³-hybridized carbons (Fsp3) is 0.364. The highest BCUT2D eigenvalue weighted by atomic mass is 32.7. The number of nitrogens with one attached hydrogen (secondary N) is 1. The molecule has 1 aromatic carbocycles. The molecule has 0 spiro atoms. The molecular formula is C11H17N2O3PS. The maximum atomic E-state index is 11.7. The third-order valence-electron chi connectivity index (χ3n) is 1.90. The van der Waals surface area contributed by atoms with Crippen molar-refractivity contribution in [1.82, 2.24) is 0 Å². The number of para-hydroxylation sites is 1. The first kappa shape index (κ1) is 15.1. The quantitative estimate of drug-likeness (QED) is 0.494. The Hall–Kier alpha value is -0.970. The van der Waals surface area contributed by atoms with Crippen LogP contribution in [0.1, 0.15) is 13.3 Å². The standard InChI is InChI=1S/C11H17N2O3PS/c1-3-9-18-17(14,15)13-11(16-2)12-10-7-5-4-6-8-10/h4-8H,3,9H2,1-2H3,(H2,12,13,14,15). The number of hydrogen-bond acceptors (Lipinski definition) is 3. The van der Waals surface area contributed by atoms with Gasteiger partial charge in [-0.05, 0) is 29.9 Å². The summed E-state index contributed by atoms with van der Waals surface area (Å²) in [7, 11) is 1.40. The van der Waals surface area contributed by atoms with Crippen molar-refractivity contribution in [2.24, 2.45) is 4.76 Å². The maximum absolute atomic E-state index is 11.7. The van der Waals surface area contributed by atoms with Crippen molar-refractivity contribution in [1.29, 1.82) is 0 Å². The second-order valence-electron chi connectivity index (χ2n) is 3.42. The molecule has 0 aliphatic rings. The van der Waals surface area contributed by atoms with Crippen LogP contribution in [0.25, 0.3) is 0 Å². The Balaban J connectivity index is 2.73. The lowest BCUT2D eigenvalue weighted by Crippen LogP contribution is -2.13. The summed E-state index contributed by atoms with van der Waals surface area (Å²) >= 11 is 0.937. The summed E-state index contributed by atoms with van der Waals surface area (Å²) in [5.74, 6) is 0.583. The van der Waals surface area contributed by atoms with Crippen molar-refractivity contribution >= 4 is 29.8 Å². The number of rotatable bonds is 5. The minimum atomic E-state index is -3.60. The first-order valence-corrected chi connectivity index (χ1v) is 8.71. The lowest BCUT2D eigenvalue weighted by molar-refractivity contribution is 0.401. The molecular weight excluding hydrogens is 271 g/mol. The first-order chi connectivity index (χ1) is 8.57. The molecule has 2 N–H and O–H groups in total. The van der Waals surface area contributed by atoms with E-state index in [2.05, 4.69) is 10.1 Å². The van der Waals surface area contributed by atoms with Gasteiger partial charge in [0.2, 0.25) is 0 Å². The highest BCUT2D eigenvalue weighted by molar-refractivity contribution is 8.55. The van der Waals surface area contributed by atoms with Crippen LogP contribution >= 0.6 is 18.1 Å². The predicted molar refractivity (Wildman–Crippen MR) is 77.1 cm³/mol. The van der Waals surface area contributed by atoms with E-state index in [0.717, 1.165) is 23.5 Å². The van der Waals surface area contributed by atoms with Crippen molar-refractivity contribution < 1.29 is 14.2 Å². The van der Waals surface area contributed by atoms with Crippen LogP contribution in [0.15, 0.2) is 35.1 Å². The lowest BCUT2D eigenvalue weighted by Gasteiger charge is -2.10. The largest absolute Gasteiger partial charge is 0.468 e. The fourth-order valence-corrected chi connectivity index (χ4v) is 3.61. The molecule has 7 heteroatoms. The number of ether oxygens (including phenoxy) is 1. The molecule has 0 aliphatic heterocycles. The van der Waals surface area contributed by atoms with Crippen LogP contribution in [-0.4, -0.2) is 23.8 Å². The average molecular weight is 288 g/mol. The molecule has 1 atom stereocenters. The molecule has 0 amide bonds. The van der Waals surface area contributed by atoms with Crippen LogP contribution in [0.2, 0.25) is 0 Å². The predicted octanol–water partition coefficient (Wildman–Crippen LogP) is 3.34. The molecule has 0 bridgehead atoms. The molecule has 0 saturated carbocycles. The zero-order chi connectivity index (χ0) is 13.4. The molecule has 0 aliphatic carbocycles. The van der Waals surface area contributed by atoms with Gasteiger partial charge in [-0.1, -0.05) is 25.1 Å². The second-order valence-corrected chi connectivity index (χ2v) is 7.47. The van der Waals surface area contributed by atoms with Gasteiger partial charge in [-0.3, -0.25) is 4.57 Å². The van der Waals surface area contributed by atoms with Crippen LogP contribution in [0.4, 0.5) is 5.69 Å². The SMILES string of the molecule is CCCSP(=O)(O)/N=C(/Nc1ccccc1)OC. The molecule has 0 saturated heterocycles. The van der Waals surface area contributed by atoms with Crippen molar-refractivity contribution in [2.75, 3.05) is 18.2 Å². The fourth-order valence-electron chi connectivity index (χ4n) is 1.12. The summed E-state index contributed by atoms with van der Waals surface area (Å²) in [4.78, 5) is 9.64. The number of amidine groups is 1. The third kappa shape index (κ3) is 5.58. The summed E-state index contributed by atoms with van der Waals surface area (Å²) in [6.07, 6.45) is 0.819. The van der Waals surface area contributed by atoms with E-state index in [4.69, 9.17) is 4.74 Å². The molecule has 0 radical (unpaired) electrons. The van der Waals surface area contributed by atoms with E-state index in [1.807, 2.05) is 37.3 Å². The van der Waals surface area contributed by atoms with Gasteiger partial charge in [-0.2, -0.15) is 0 Å². The van der Waals surface area contributed by atoms with Crippen molar-refractivity contribution in [3.63, 3.8) is 0 Å². The lowest BCUT2D eigenvalue weighted by atomic mass is 10.3. The minimum absolute atomic E-state index is 0.0376. The zero-order valence-corrected chi connectivity index (χ0v) is 12.1. The van der Waals surface area contributed by atoms with E-state index in [9.17, 15) is 9.46 Å². The molecule has 1 aromatic rings. The Morgan fingerprint density at radius 3 is 2.72 bits per heavy atom. The highest BCUT2D eigenvalue weighted by Crippen LogP contribution is 2.56. The Kier molecular flexibility index (Phi) is 6.25. The Bertz CT molecular complexity index is 439. The van der Waals surface area contributed by atoms with Crippen LogP contribution < -0.4 is 5.32 Å². The Morgan fingerprint density at radius 1 is 1.50 bits per heavy atom. The highest BCUT2D eigenvalue weighted by Gasteiger charge is 2.19. The summed E-state index contributed by atoms with van der Waals surface area (Å²) in [6, 6.07) is 9.24. The molecule has 18 heavy (non-hydrogen) atoms. The summed E-state index contributed by atoms with van der Waals surface area (Å²) in [5.41, 5.74) is 0.749. The minimum Gasteiger partial charge on any atom is -0.468 e. The topological polar surface area (TPSA) is 70.9 Å². The van der Waals surface area contributed by atoms with Gasteiger partial charge in [-0.25, -0.2) is 0 Å². The molecule has 100 valence electrons. The zero-order valence-electron chi connectivity index (χ0n) is 10.4. The summed E-state index contributed by atoms with van der Waals surface area (Å²) < 4.78 is 20.4. The normalized spacial score (nSPS) is 14.9. The number of benzene rings is 1. The molecule has 1 unspecified atom stereocenters. The third-order valence-corrected chi connectivity index (χ3v) is 5.06. The van der Waals surface area contributed by atoms with Crippen molar-refractivity contribution in [3.8, 4) is 0 Å². The molecule has 0 fully saturated rings. The van der Waals surface area contributed by atoms with E-state index in [1.165, 1.54) is 7.11 Å². The van der Waals surface area contributed by atoms with Gasteiger partial charge in [0, 0.05) is 11.4 Å². The average Bonchev–Trinajstić information content (AvgIpc) is 2.36. The van der Waals surface area contributed by atoms with E-state index in [-0.39, 0.29) is 6.02 Å². The maximum Gasteiger partial charge on any atom is 0.373 e. The van der Waals surface area contributed by atoms with Crippen LogP contribution in [0.3, 0.4) is 0 Å². The van der Waals surface area contributed by atoms with Crippen LogP contribution in [0, 0.1) is 0 Å². The number of nitrogens with zero attached hydrogens (tertiary/aromatic N) is 1.